The van der Waals surface area contributed by atoms with Crippen molar-refractivity contribution in [2.45, 2.75) is 12.5 Å². The number of aromatic nitrogens is 1. The lowest BCUT2D eigenvalue weighted by Crippen LogP contribution is -3.00. The molecule has 0 bridgehead atoms. The van der Waals surface area contributed by atoms with Crippen LogP contribution < -0.4 is 17.0 Å². The van der Waals surface area contributed by atoms with Crippen molar-refractivity contribution in [1.82, 2.24) is 0 Å². The molecule has 2 nitrogen and oxygen atoms in total. The third kappa shape index (κ3) is 3.80. The minimum atomic E-state index is -0.461. The Bertz CT molecular complexity index is 501. The molecule has 1 aromatic carbocycles. The SMILES string of the molecule is C[n+]1ccccc1CC(O)c1ccc(Br)cc1.[Cl-]. The molecule has 1 N–H and O–H groups in total. The Labute approximate surface area is 122 Å². The number of hydrogen-bond acceptors (Lipinski definition) is 1. The fraction of sp³-hybridized carbons (Fsp3) is 0.214. The van der Waals surface area contributed by atoms with Crippen molar-refractivity contribution in [3.05, 3.63) is 64.4 Å². The fourth-order valence-corrected chi connectivity index (χ4v) is 2.04. The second-order valence-corrected chi connectivity index (χ2v) is 4.99. The number of benzene rings is 1. The van der Waals surface area contributed by atoms with E-state index in [2.05, 4.69) is 15.9 Å². The van der Waals surface area contributed by atoms with Crippen LogP contribution in [0.1, 0.15) is 17.4 Å². The second kappa shape index (κ2) is 6.88. The maximum atomic E-state index is 10.2. The van der Waals surface area contributed by atoms with E-state index in [1.54, 1.807) is 0 Å². The first-order valence-electron chi connectivity index (χ1n) is 5.54. The summed E-state index contributed by atoms with van der Waals surface area (Å²) in [7, 11) is 1.99. The third-order valence-corrected chi connectivity index (χ3v) is 3.35. The van der Waals surface area contributed by atoms with Crippen molar-refractivity contribution >= 4 is 15.9 Å². The van der Waals surface area contributed by atoms with Crippen LogP contribution in [0.15, 0.2) is 53.1 Å². The van der Waals surface area contributed by atoms with Crippen molar-refractivity contribution in [2.75, 3.05) is 0 Å². The fourth-order valence-electron chi connectivity index (χ4n) is 1.77. The highest BCUT2D eigenvalue weighted by atomic mass is 79.9. The van der Waals surface area contributed by atoms with E-state index < -0.39 is 6.10 Å². The summed E-state index contributed by atoms with van der Waals surface area (Å²) in [5, 5.41) is 10.2. The molecule has 1 unspecified atom stereocenters. The lowest BCUT2D eigenvalue weighted by molar-refractivity contribution is -0.679. The number of aliphatic hydroxyl groups is 1. The van der Waals surface area contributed by atoms with Crippen molar-refractivity contribution in [3.63, 3.8) is 0 Å². The average molecular weight is 329 g/mol. The Morgan fingerprint density at radius 1 is 1.17 bits per heavy atom. The normalized spacial score (nSPS) is 11.7. The van der Waals surface area contributed by atoms with E-state index in [0.29, 0.717) is 6.42 Å². The Kier molecular flexibility index (Phi) is 5.79. The second-order valence-electron chi connectivity index (χ2n) is 4.07. The van der Waals surface area contributed by atoms with E-state index in [-0.39, 0.29) is 12.4 Å². The molecule has 1 aromatic heterocycles. The standard InChI is InChI=1S/C14H15BrNO.ClH/c1-16-9-3-2-4-13(16)10-14(17)11-5-7-12(15)8-6-11;/h2-9,14,17H,10H2,1H3;1H/q+1;/p-1. The van der Waals surface area contributed by atoms with Gasteiger partial charge in [0, 0.05) is 16.6 Å². The molecule has 0 amide bonds. The summed E-state index contributed by atoms with van der Waals surface area (Å²) in [5.41, 5.74) is 2.06. The maximum absolute atomic E-state index is 10.2. The van der Waals surface area contributed by atoms with Crippen LogP contribution in [0.2, 0.25) is 0 Å². The number of pyridine rings is 1. The molecular formula is C14H15BrClNO. The summed E-state index contributed by atoms with van der Waals surface area (Å²) in [6.45, 7) is 0. The Morgan fingerprint density at radius 3 is 2.44 bits per heavy atom. The van der Waals surface area contributed by atoms with Crippen LogP contribution in [0, 0.1) is 0 Å². The monoisotopic (exact) mass is 327 g/mol. The zero-order chi connectivity index (χ0) is 12.3. The largest absolute Gasteiger partial charge is 1.00 e. The number of aliphatic hydroxyl groups excluding tert-OH is 1. The number of rotatable bonds is 3. The summed E-state index contributed by atoms with van der Waals surface area (Å²) in [6, 6.07) is 13.8. The molecule has 0 aliphatic carbocycles. The van der Waals surface area contributed by atoms with Gasteiger partial charge in [0.1, 0.15) is 7.05 Å². The molecule has 4 heteroatoms. The molecule has 0 spiro atoms. The average Bonchev–Trinajstić information content (AvgIpc) is 2.33. The molecule has 1 atom stereocenters. The van der Waals surface area contributed by atoms with Gasteiger partial charge in [-0.05, 0) is 17.7 Å². The van der Waals surface area contributed by atoms with E-state index in [1.807, 2.05) is 60.3 Å². The summed E-state index contributed by atoms with van der Waals surface area (Å²) in [4.78, 5) is 0. The van der Waals surface area contributed by atoms with Crippen LogP contribution in [-0.2, 0) is 13.5 Å². The van der Waals surface area contributed by atoms with Crippen LogP contribution in [0.3, 0.4) is 0 Å². The van der Waals surface area contributed by atoms with Gasteiger partial charge in [0.25, 0.3) is 0 Å². The van der Waals surface area contributed by atoms with Crippen LogP contribution in [0.4, 0.5) is 0 Å². The van der Waals surface area contributed by atoms with Gasteiger partial charge >= 0.3 is 0 Å². The Morgan fingerprint density at radius 2 is 1.83 bits per heavy atom. The topological polar surface area (TPSA) is 24.1 Å². The molecule has 0 saturated heterocycles. The van der Waals surface area contributed by atoms with E-state index in [1.165, 1.54) is 0 Å². The molecule has 18 heavy (non-hydrogen) atoms. The van der Waals surface area contributed by atoms with E-state index >= 15 is 0 Å². The minimum absolute atomic E-state index is 0. The van der Waals surface area contributed by atoms with Gasteiger partial charge < -0.3 is 17.5 Å². The Hall–Kier alpha value is -0.900. The molecule has 2 aromatic rings. The van der Waals surface area contributed by atoms with Gasteiger partial charge in [-0.2, -0.15) is 0 Å². The number of halogens is 2. The van der Waals surface area contributed by atoms with Crippen molar-refractivity contribution in [2.24, 2.45) is 7.05 Å². The first-order valence-corrected chi connectivity index (χ1v) is 6.33. The molecule has 0 saturated carbocycles. The highest BCUT2D eigenvalue weighted by molar-refractivity contribution is 9.10. The molecule has 0 aliphatic rings. The number of hydrogen-bond donors (Lipinski definition) is 1. The first-order chi connectivity index (χ1) is 8.16. The molecule has 96 valence electrons. The minimum Gasteiger partial charge on any atom is -1.00 e. The van der Waals surface area contributed by atoms with Crippen molar-refractivity contribution < 1.29 is 22.1 Å². The third-order valence-electron chi connectivity index (χ3n) is 2.82. The van der Waals surface area contributed by atoms with Crippen LogP contribution >= 0.6 is 15.9 Å². The highest BCUT2D eigenvalue weighted by Gasteiger charge is 2.13. The molecule has 1 heterocycles. The highest BCUT2D eigenvalue weighted by Crippen LogP contribution is 2.19. The molecule has 2 rings (SSSR count). The molecule has 0 radical (unpaired) electrons. The van der Waals surface area contributed by atoms with E-state index in [9.17, 15) is 5.11 Å². The number of aryl methyl sites for hydroxylation is 1. The molecular weight excluding hydrogens is 314 g/mol. The van der Waals surface area contributed by atoms with Crippen LogP contribution in [-0.4, -0.2) is 5.11 Å². The number of nitrogens with zero attached hydrogens (tertiary/aromatic N) is 1. The van der Waals surface area contributed by atoms with Gasteiger partial charge in [-0.3, -0.25) is 0 Å². The van der Waals surface area contributed by atoms with Gasteiger partial charge in [0.05, 0.1) is 12.5 Å². The van der Waals surface area contributed by atoms with Gasteiger partial charge in [0.15, 0.2) is 11.9 Å². The summed E-state index contributed by atoms with van der Waals surface area (Å²) >= 11 is 3.39. The van der Waals surface area contributed by atoms with E-state index in [4.69, 9.17) is 0 Å². The lowest BCUT2D eigenvalue weighted by Gasteiger charge is -2.09. The summed E-state index contributed by atoms with van der Waals surface area (Å²) in [5.74, 6) is 0. The Balaban J connectivity index is 0.00000162. The summed E-state index contributed by atoms with van der Waals surface area (Å²) in [6.07, 6.45) is 2.15. The first kappa shape index (κ1) is 15.2. The predicted molar refractivity (Wildman–Crippen MR) is 70.4 cm³/mol. The van der Waals surface area contributed by atoms with Gasteiger partial charge in [-0.15, -0.1) is 0 Å². The smallest absolute Gasteiger partial charge is 0.184 e. The quantitative estimate of drug-likeness (QED) is 0.759. The molecule has 0 fully saturated rings. The summed E-state index contributed by atoms with van der Waals surface area (Å²) < 4.78 is 3.06. The molecule has 0 aliphatic heterocycles. The van der Waals surface area contributed by atoms with Crippen LogP contribution in [0.25, 0.3) is 0 Å². The van der Waals surface area contributed by atoms with Crippen molar-refractivity contribution in [1.29, 1.82) is 0 Å². The van der Waals surface area contributed by atoms with Gasteiger partial charge in [-0.25, -0.2) is 4.57 Å². The van der Waals surface area contributed by atoms with Crippen molar-refractivity contribution in [3.8, 4) is 0 Å². The maximum Gasteiger partial charge on any atom is 0.184 e. The lowest BCUT2D eigenvalue weighted by atomic mass is 10.0. The predicted octanol–water partition coefficient (Wildman–Crippen LogP) is -0.446. The van der Waals surface area contributed by atoms with Gasteiger partial charge in [-0.1, -0.05) is 34.1 Å². The zero-order valence-electron chi connectivity index (χ0n) is 10.1. The van der Waals surface area contributed by atoms with Gasteiger partial charge in [0.2, 0.25) is 0 Å². The van der Waals surface area contributed by atoms with E-state index in [0.717, 1.165) is 15.7 Å². The zero-order valence-corrected chi connectivity index (χ0v) is 12.4. The van der Waals surface area contributed by atoms with Crippen LogP contribution in [0.5, 0.6) is 0 Å².